The summed E-state index contributed by atoms with van der Waals surface area (Å²) in [6.07, 6.45) is 1.24. The molecular weight excluding hydrogens is 334 g/mol. The molecule has 0 bridgehead atoms. The van der Waals surface area contributed by atoms with E-state index in [1.165, 1.54) is 4.90 Å². The summed E-state index contributed by atoms with van der Waals surface area (Å²) in [5.74, 6) is 1.19. The Morgan fingerprint density at radius 3 is 2.88 bits per heavy atom. The highest BCUT2D eigenvalue weighted by Crippen LogP contribution is 2.30. The number of hydrogen-bond acceptors (Lipinski definition) is 5. The molecule has 136 valence electrons. The number of fused-ring (bicyclic) bond motifs is 2. The zero-order valence-corrected chi connectivity index (χ0v) is 14.9. The number of amides is 2. The van der Waals surface area contributed by atoms with Crippen molar-refractivity contribution in [1.29, 1.82) is 0 Å². The number of hydrogen-bond donors (Lipinski definition) is 0. The van der Waals surface area contributed by atoms with Crippen molar-refractivity contribution in [3.63, 3.8) is 0 Å². The Balaban J connectivity index is 1.51. The van der Waals surface area contributed by atoms with E-state index in [1.54, 1.807) is 19.0 Å². The van der Waals surface area contributed by atoms with Crippen molar-refractivity contribution in [2.45, 2.75) is 19.4 Å². The molecule has 2 aliphatic heterocycles. The van der Waals surface area contributed by atoms with Crippen LogP contribution in [0.4, 0.5) is 0 Å². The third kappa shape index (κ3) is 2.83. The predicted molar refractivity (Wildman–Crippen MR) is 92.8 cm³/mol. The van der Waals surface area contributed by atoms with E-state index in [9.17, 15) is 9.59 Å². The minimum atomic E-state index is -0.209. The Bertz CT molecular complexity index is 858. The fourth-order valence-electron chi connectivity index (χ4n) is 3.52. The van der Waals surface area contributed by atoms with Gasteiger partial charge in [0.25, 0.3) is 5.91 Å². The van der Waals surface area contributed by atoms with Gasteiger partial charge in [-0.05, 0) is 18.1 Å². The van der Waals surface area contributed by atoms with Crippen LogP contribution in [-0.2, 0) is 24.2 Å². The average Bonchev–Trinajstić information content (AvgIpc) is 3.09. The zero-order chi connectivity index (χ0) is 18.3. The van der Waals surface area contributed by atoms with Gasteiger partial charge in [0.15, 0.2) is 5.69 Å². The topological polar surface area (TPSA) is 75.9 Å². The first-order valence-corrected chi connectivity index (χ1v) is 8.73. The van der Waals surface area contributed by atoms with Crippen LogP contribution in [0.2, 0.25) is 0 Å². The number of ether oxygens (including phenoxy) is 1. The van der Waals surface area contributed by atoms with Gasteiger partial charge in [-0.3, -0.25) is 9.59 Å². The van der Waals surface area contributed by atoms with E-state index in [0.717, 1.165) is 16.9 Å². The van der Waals surface area contributed by atoms with Gasteiger partial charge < -0.3 is 19.1 Å². The van der Waals surface area contributed by atoms with Gasteiger partial charge in [-0.25, -0.2) is 0 Å². The number of benzene rings is 1. The fourth-order valence-corrected chi connectivity index (χ4v) is 3.52. The van der Waals surface area contributed by atoms with Crippen molar-refractivity contribution in [2.75, 3.05) is 27.2 Å². The predicted octanol–water partition coefficient (Wildman–Crippen LogP) is 1.51. The molecular formula is C19H21N3O4. The molecule has 0 fully saturated rings. The highest BCUT2D eigenvalue weighted by molar-refractivity contribution is 5.93. The number of carbonyl (C=O) groups is 2. The molecule has 0 N–H and O–H groups in total. The molecule has 7 nitrogen and oxygen atoms in total. The lowest BCUT2D eigenvalue weighted by atomic mass is 9.94. The molecule has 0 saturated carbocycles. The van der Waals surface area contributed by atoms with Crippen LogP contribution < -0.4 is 4.74 Å². The second-order valence-corrected chi connectivity index (χ2v) is 6.96. The van der Waals surface area contributed by atoms with Crippen molar-refractivity contribution in [3.8, 4) is 5.75 Å². The van der Waals surface area contributed by atoms with E-state index < -0.39 is 0 Å². The van der Waals surface area contributed by atoms with Crippen LogP contribution >= 0.6 is 0 Å². The summed E-state index contributed by atoms with van der Waals surface area (Å²) in [6.45, 7) is 1.30. The van der Waals surface area contributed by atoms with Gasteiger partial charge in [-0.1, -0.05) is 23.4 Å². The summed E-state index contributed by atoms with van der Waals surface area (Å²) in [6, 6.07) is 7.82. The molecule has 3 heterocycles. The van der Waals surface area contributed by atoms with E-state index in [0.29, 0.717) is 44.0 Å². The van der Waals surface area contributed by atoms with E-state index in [1.807, 2.05) is 24.3 Å². The first-order valence-electron chi connectivity index (χ1n) is 8.73. The maximum atomic E-state index is 13.0. The van der Waals surface area contributed by atoms with Crippen molar-refractivity contribution in [3.05, 3.63) is 46.8 Å². The number of nitrogens with zero attached hydrogens (tertiary/aromatic N) is 3. The van der Waals surface area contributed by atoms with Crippen LogP contribution in [-0.4, -0.2) is 54.0 Å². The third-order valence-electron chi connectivity index (χ3n) is 4.98. The Morgan fingerprint density at radius 1 is 1.27 bits per heavy atom. The number of rotatable bonds is 2. The molecule has 1 atom stereocenters. The first-order chi connectivity index (χ1) is 12.5. The summed E-state index contributed by atoms with van der Waals surface area (Å²) in [5.41, 5.74) is 2.08. The molecule has 0 saturated heterocycles. The summed E-state index contributed by atoms with van der Waals surface area (Å²) >= 11 is 0. The SMILES string of the molecule is CN(C)C(=O)c1noc2c1CN(C(=O)C1COc3ccccc3C1)CC2. The highest BCUT2D eigenvalue weighted by atomic mass is 16.5. The Labute approximate surface area is 151 Å². The molecule has 2 amide bonds. The van der Waals surface area contributed by atoms with Gasteiger partial charge in [-0.15, -0.1) is 0 Å². The molecule has 2 aliphatic rings. The van der Waals surface area contributed by atoms with Crippen LogP contribution in [0.15, 0.2) is 28.8 Å². The quantitative estimate of drug-likeness (QED) is 0.816. The molecule has 1 aromatic carbocycles. The molecule has 1 aromatic heterocycles. The van der Waals surface area contributed by atoms with Crippen molar-refractivity contribution in [1.82, 2.24) is 15.0 Å². The second kappa shape index (κ2) is 6.48. The molecule has 0 spiro atoms. The Morgan fingerprint density at radius 2 is 2.08 bits per heavy atom. The van der Waals surface area contributed by atoms with Crippen LogP contribution in [0.3, 0.4) is 0 Å². The van der Waals surface area contributed by atoms with Crippen LogP contribution in [0.5, 0.6) is 5.75 Å². The molecule has 0 radical (unpaired) electrons. The van der Waals surface area contributed by atoms with Crippen LogP contribution in [0.25, 0.3) is 0 Å². The number of aromatic nitrogens is 1. The van der Waals surface area contributed by atoms with Gasteiger partial charge in [0.2, 0.25) is 5.91 Å². The molecule has 0 aliphatic carbocycles. The van der Waals surface area contributed by atoms with Crippen molar-refractivity contribution in [2.24, 2.45) is 5.92 Å². The van der Waals surface area contributed by atoms with Gasteiger partial charge in [-0.2, -0.15) is 0 Å². The lowest BCUT2D eigenvalue weighted by Crippen LogP contribution is -2.43. The molecule has 7 heteroatoms. The van der Waals surface area contributed by atoms with Gasteiger partial charge in [0.05, 0.1) is 12.5 Å². The Kier molecular flexibility index (Phi) is 4.14. The van der Waals surface area contributed by atoms with Gasteiger partial charge in [0.1, 0.15) is 18.1 Å². The monoisotopic (exact) mass is 355 g/mol. The zero-order valence-electron chi connectivity index (χ0n) is 14.9. The molecule has 2 aromatic rings. The Hall–Kier alpha value is -2.83. The van der Waals surface area contributed by atoms with Crippen LogP contribution in [0.1, 0.15) is 27.4 Å². The summed E-state index contributed by atoms with van der Waals surface area (Å²) < 4.78 is 11.1. The normalized spacial score (nSPS) is 18.5. The standard InChI is InChI=1S/C19H21N3O4/c1-21(2)19(24)17-14-10-22(8-7-16(14)26-20-17)18(23)13-9-12-5-3-4-6-15(12)25-11-13/h3-6,13H,7-11H2,1-2H3. The van der Waals surface area contributed by atoms with E-state index >= 15 is 0 Å². The maximum absolute atomic E-state index is 13.0. The van der Waals surface area contributed by atoms with Gasteiger partial charge >= 0.3 is 0 Å². The lowest BCUT2D eigenvalue weighted by molar-refractivity contribution is -0.138. The molecule has 4 rings (SSSR count). The minimum absolute atomic E-state index is 0.0506. The summed E-state index contributed by atoms with van der Waals surface area (Å²) in [5, 5.41) is 3.93. The maximum Gasteiger partial charge on any atom is 0.275 e. The fraction of sp³-hybridized carbons (Fsp3) is 0.421. The highest BCUT2D eigenvalue weighted by Gasteiger charge is 2.34. The van der Waals surface area contributed by atoms with E-state index in [4.69, 9.17) is 9.26 Å². The van der Waals surface area contributed by atoms with Crippen molar-refractivity contribution < 1.29 is 18.8 Å². The van der Waals surface area contributed by atoms with E-state index in [-0.39, 0.29) is 17.7 Å². The summed E-state index contributed by atoms with van der Waals surface area (Å²) in [4.78, 5) is 28.5. The summed E-state index contributed by atoms with van der Waals surface area (Å²) in [7, 11) is 3.35. The average molecular weight is 355 g/mol. The van der Waals surface area contributed by atoms with Gasteiger partial charge in [0, 0.05) is 32.6 Å². The third-order valence-corrected chi connectivity index (χ3v) is 4.98. The lowest BCUT2D eigenvalue weighted by Gasteiger charge is -2.32. The minimum Gasteiger partial charge on any atom is -0.492 e. The number of para-hydroxylation sites is 1. The molecule has 1 unspecified atom stereocenters. The number of carbonyl (C=O) groups excluding carboxylic acids is 2. The smallest absolute Gasteiger partial charge is 0.275 e. The van der Waals surface area contributed by atoms with Crippen LogP contribution in [0, 0.1) is 5.92 Å². The van der Waals surface area contributed by atoms with E-state index in [2.05, 4.69) is 5.16 Å². The first kappa shape index (κ1) is 16.6. The second-order valence-electron chi connectivity index (χ2n) is 6.96. The largest absolute Gasteiger partial charge is 0.492 e. The molecule has 26 heavy (non-hydrogen) atoms. The van der Waals surface area contributed by atoms with Crippen molar-refractivity contribution >= 4 is 11.8 Å².